The molecule has 0 aliphatic heterocycles. The first-order valence-electron chi connectivity index (χ1n) is 6.72. The topological polar surface area (TPSA) is 12.9 Å². The molecule has 2 heteroatoms. The van der Waals surface area contributed by atoms with Gasteiger partial charge < -0.3 is 0 Å². The van der Waals surface area contributed by atoms with E-state index in [4.69, 9.17) is 0 Å². The zero-order chi connectivity index (χ0) is 12.5. The molecular formula is C16H18BrN. The number of para-hydroxylation sites is 1. The van der Waals surface area contributed by atoms with Crippen molar-refractivity contribution in [1.29, 1.82) is 0 Å². The summed E-state index contributed by atoms with van der Waals surface area (Å²) in [5.74, 6) is 1.58. The van der Waals surface area contributed by atoms with Crippen molar-refractivity contribution in [3.63, 3.8) is 0 Å². The van der Waals surface area contributed by atoms with Crippen molar-refractivity contribution in [3.05, 3.63) is 42.1 Å². The molecule has 0 amide bonds. The van der Waals surface area contributed by atoms with Crippen LogP contribution in [0.2, 0.25) is 0 Å². The molecular weight excluding hydrogens is 286 g/mol. The highest BCUT2D eigenvalue weighted by Gasteiger charge is 2.31. The number of nitrogens with zero attached hydrogens (tertiary/aromatic N) is 1. The molecule has 3 atom stereocenters. The number of fused-ring (bicyclic) bond motifs is 1. The van der Waals surface area contributed by atoms with Crippen LogP contribution in [0.1, 0.15) is 25.3 Å². The highest BCUT2D eigenvalue weighted by molar-refractivity contribution is 9.09. The average Bonchev–Trinajstić information content (AvgIpc) is 2.71. The van der Waals surface area contributed by atoms with Crippen molar-refractivity contribution in [2.45, 2.75) is 31.0 Å². The molecule has 1 aromatic carbocycles. The lowest BCUT2D eigenvalue weighted by Crippen LogP contribution is -2.13. The molecule has 1 fully saturated rings. The van der Waals surface area contributed by atoms with E-state index in [0.29, 0.717) is 4.83 Å². The maximum Gasteiger partial charge on any atom is 0.0704 e. The van der Waals surface area contributed by atoms with E-state index in [1.807, 2.05) is 6.20 Å². The van der Waals surface area contributed by atoms with Crippen LogP contribution in [0, 0.1) is 11.8 Å². The highest BCUT2D eigenvalue weighted by atomic mass is 79.9. The standard InChI is InChI=1S/C16H18BrN/c1-11-12(6-7-15(11)17)10-13-8-9-18-16-5-3-2-4-14(13)16/h2-5,8-9,11-12,15H,6-7,10H2,1H3. The Morgan fingerprint density at radius 3 is 2.83 bits per heavy atom. The molecule has 0 spiro atoms. The Morgan fingerprint density at radius 1 is 1.22 bits per heavy atom. The summed E-state index contributed by atoms with van der Waals surface area (Å²) in [6.45, 7) is 2.38. The molecule has 0 N–H and O–H groups in total. The number of hydrogen-bond donors (Lipinski definition) is 0. The molecule has 1 aliphatic rings. The summed E-state index contributed by atoms with van der Waals surface area (Å²) in [5.41, 5.74) is 2.58. The van der Waals surface area contributed by atoms with E-state index in [0.717, 1.165) is 17.4 Å². The molecule has 0 saturated heterocycles. The smallest absolute Gasteiger partial charge is 0.0704 e. The molecule has 94 valence electrons. The van der Waals surface area contributed by atoms with Gasteiger partial charge in [0.25, 0.3) is 0 Å². The zero-order valence-electron chi connectivity index (χ0n) is 10.6. The fourth-order valence-corrected chi connectivity index (χ4v) is 3.79. The van der Waals surface area contributed by atoms with E-state index in [-0.39, 0.29) is 0 Å². The summed E-state index contributed by atoms with van der Waals surface area (Å²) >= 11 is 3.79. The first kappa shape index (κ1) is 12.2. The van der Waals surface area contributed by atoms with Gasteiger partial charge in [-0.3, -0.25) is 4.98 Å². The van der Waals surface area contributed by atoms with E-state index in [2.05, 4.69) is 58.2 Å². The van der Waals surface area contributed by atoms with E-state index >= 15 is 0 Å². The molecule has 1 heterocycles. The molecule has 2 aromatic rings. The summed E-state index contributed by atoms with van der Waals surface area (Å²) in [6.07, 6.45) is 5.79. The number of alkyl halides is 1. The van der Waals surface area contributed by atoms with Gasteiger partial charge in [-0.05, 0) is 48.8 Å². The summed E-state index contributed by atoms with van der Waals surface area (Å²) in [5, 5.41) is 1.32. The van der Waals surface area contributed by atoms with Crippen molar-refractivity contribution in [3.8, 4) is 0 Å². The fourth-order valence-electron chi connectivity index (χ4n) is 3.10. The van der Waals surface area contributed by atoms with Crippen LogP contribution in [0.25, 0.3) is 10.9 Å². The number of aromatic nitrogens is 1. The molecule has 0 radical (unpaired) electrons. The van der Waals surface area contributed by atoms with Crippen molar-refractivity contribution in [2.75, 3.05) is 0 Å². The van der Waals surface area contributed by atoms with E-state index in [1.165, 1.54) is 30.2 Å². The Labute approximate surface area is 117 Å². The van der Waals surface area contributed by atoms with E-state index < -0.39 is 0 Å². The van der Waals surface area contributed by atoms with Crippen molar-refractivity contribution < 1.29 is 0 Å². The number of halogens is 1. The first-order valence-corrected chi connectivity index (χ1v) is 7.64. The van der Waals surface area contributed by atoms with Gasteiger partial charge in [0.2, 0.25) is 0 Å². The Balaban J connectivity index is 1.91. The van der Waals surface area contributed by atoms with Gasteiger partial charge in [-0.25, -0.2) is 0 Å². The van der Waals surface area contributed by atoms with Gasteiger partial charge in [0.05, 0.1) is 5.52 Å². The van der Waals surface area contributed by atoms with Crippen LogP contribution >= 0.6 is 15.9 Å². The number of rotatable bonds is 2. The minimum absolute atomic E-state index is 0.704. The van der Waals surface area contributed by atoms with Gasteiger partial charge in [-0.2, -0.15) is 0 Å². The minimum Gasteiger partial charge on any atom is -0.256 e. The Bertz CT molecular complexity index is 546. The second-order valence-electron chi connectivity index (χ2n) is 5.40. The predicted molar refractivity (Wildman–Crippen MR) is 80.1 cm³/mol. The molecule has 1 nitrogen and oxygen atoms in total. The van der Waals surface area contributed by atoms with Crippen LogP contribution in [-0.2, 0) is 6.42 Å². The number of pyridine rings is 1. The van der Waals surface area contributed by atoms with Crippen molar-refractivity contribution >= 4 is 26.8 Å². The van der Waals surface area contributed by atoms with Gasteiger partial charge in [-0.15, -0.1) is 0 Å². The molecule has 1 saturated carbocycles. The Kier molecular flexibility index (Phi) is 3.38. The third-order valence-corrected chi connectivity index (χ3v) is 5.64. The normalized spacial score (nSPS) is 27.8. The lowest BCUT2D eigenvalue weighted by molar-refractivity contribution is 0.424. The molecule has 0 bridgehead atoms. The largest absolute Gasteiger partial charge is 0.256 e. The first-order chi connectivity index (χ1) is 8.75. The van der Waals surface area contributed by atoms with Crippen molar-refractivity contribution in [1.82, 2.24) is 4.98 Å². The maximum absolute atomic E-state index is 4.44. The monoisotopic (exact) mass is 303 g/mol. The molecule has 1 aliphatic carbocycles. The average molecular weight is 304 g/mol. The van der Waals surface area contributed by atoms with Crippen molar-refractivity contribution in [2.24, 2.45) is 11.8 Å². The predicted octanol–water partition coefficient (Wildman–Crippen LogP) is 4.59. The SMILES string of the molecule is CC1C(Br)CCC1Cc1ccnc2ccccc12. The Hall–Kier alpha value is -0.890. The number of hydrogen-bond acceptors (Lipinski definition) is 1. The number of benzene rings is 1. The summed E-state index contributed by atoms with van der Waals surface area (Å²) in [6, 6.07) is 10.7. The van der Waals surface area contributed by atoms with Crippen LogP contribution in [0.3, 0.4) is 0 Å². The molecule has 18 heavy (non-hydrogen) atoms. The third kappa shape index (κ3) is 2.18. The van der Waals surface area contributed by atoms with Gasteiger partial charge in [-0.1, -0.05) is 41.1 Å². The van der Waals surface area contributed by atoms with Crippen LogP contribution in [0.15, 0.2) is 36.5 Å². The zero-order valence-corrected chi connectivity index (χ0v) is 12.2. The fraction of sp³-hybridized carbons (Fsp3) is 0.438. The quantitative estimate of drug-likeness (QED) is 0.740. The molecule has 3 unspecified atom stereocenters. The highest BCUT2D eigenvalue weighted by Crippen LogP contribution is 2.38. The van der Waals surface area contributed by atoms with Crippen LogP contribution < -0.4 is 0 Å². The maximum atomic E-state index is 4.44. The third-order valence-electron chi connectivity index (χ3n) is 4.35. The van der Waals surface area contributed by atoms with Crippen LogP contribution in [0.5, 0.6) is 0 Å². The summed E-state index contributed by atoms with van der Waals surface area (Å²) in [7, 11) is 0. The Morgan fingerprint density at radius 2 is 2.06 bits per heavy atom. The van der Waals surface area contributed by atoms with Crippen LogP contribution in [0.4, 0.5) is 0 Å². The molecule has 3 rings (SSSR count). The lowest BCUT2D eigenvalue weighted by Gasteiger charge is -2.18. The van der Waals surface area contributed by atoms with Gasteiger partial charge in [0.1, 0.15) is 0 Å². The summed E-state index contributed by atoms with van der Waals surface area (Å²) < 4.78 is 0. The second kappa shape index (κ2) is 5.00. The van der Waals surface area contributed by atoms with E-state index in [1.54, 1.807) is 0 Å². The molecule has 1 aromatic heterocycles. The van der Waals surface area contributed by atoms with Gasteiger partial charge in [0.15, 0.2) is 0 Å². The summed E-state index contributed by atoms with van der Waals surface area (Å²) in [4.78, 5) is 5.15. The van der Waals surface area contributed by atoms with E-state index in [9.17, 15) is 0 Å². The van der Waals surface area contributed by atoms with Crippen LogP contribution in [-0.4, -0.2) is 9.81 Å². The minimum atomic E-state index is 0.704. The van der Waals surface area contributed by atoms with Gasteiger partial charge in [0, 0.05) is 16.4 Å². The lowest BCUT2D eigenvalue weighted by atomic mass is 9.90. The van der Waals surface area contributed by atoms with Gasteiger partial charge >= 0.3 is 0 Å². The second-order valence-corrected chi connectivity index (χ2v) is 6.58.